The van der Waals surface area contributed by atoms with Crippen LogP contribution >= 0.6 is 0 Å². The van der Waals surface area contributed by atoms with Gasteiger partial charge in [-0.05, 0) is 145 Å². The molecule has 0 unspecified atom stereocenters. The summed E-state index contributed by atoms with van der Waals surface area (Å²) in [4.78, 5) is 0. The highest BCUT2D eigenvalue weighted by molar-refractivity contribution is 6.33. The molecule has 0 atom stereocenters. The Kier molecular flexibility index (Phi) is 5.65. The van der Waals surface area contributed by atoms with Crippen LogP contribution in [0.4, 0.5) is 0 Å². The third-order valence-electron chi connectivity index (χ3n) is 13.0. The molecule has 1 spiro atoms. The minimum Gasteiger partial charge on any atom is -0.0619 e. The van der Waals surface area contributed by atoms with Crippen LogP contribution in [0.1, 0.15) is 22.3 Å². The molecule has 252 valence electrons. The van der Waals surface area contributed by atoms with Gasteiger partial charge >= 0.3 is 0 Å². The summed E-state index contributed by atoms with van der Waals surface area (Å²) in [5.41, 5.74) is 13.0. The van der Waals surface area contributed by atoms with Crippen LogP contribution in [0.2, 0.25) is 0 Å². The third-order valence-corrected chi connectivity index (χ3v) is 13.0. The van der Waals surface area contributed by atoms with Crippen molar-refractivity contribution >= 4 is 64.6 Å². The number of hydrogen-bond donors (Lipinski definition) is 0. The summed E-state index contributed by atoms with van der Waals surface area (Å²) >= 11 is 0. The van der Waals surface area contributed by atoms with Crippen LogP contribution in [0.3, 0.4) is 0 Å². The zero-order valence-electron chi connectivity index (χ0n) is 30.0. The molecule has 0 aliphatic heterocycles. The fourth-order valence-electron chi connectivity index (χ4n) is 10.8. The fraction of sp³-hybridized carbons (Fsp3) is 0.0182. The van der Waals surface area contributed by atoms with E-state index in [2.05, 4.69) is 194 Å². The van der Waals surface area contributed by atoms with Crippen LogP contribution in [0, 0.1) is 0 Å². The molecule has 0 heteroatoms. The van der Waals surface area contributed by atoms with E-state index in [-0.39, 0.29) is 0 Å². The van der Waals surface area contributed by atoms with E-state index in [1.807, 2.05) is 0 Å². The van der Waals surface area contributed by atoms with Gasteiger partial charge in [0.1, 0.15) is 0 Å². The van der Waals surface area contributed by atoms with Gasteiger partial charge in [0, 0.05) is 0 Å². The van der Waals surface area contributed by atoms with Gasteiger partial charge in [-0.15, -0.1) is 0 Å². The van der Waals surface area contributed by atoms with Gasteiger partial charge in [-0.3, -0.25) is 0 Å². The van der Waals surface area contributed by atoms with Crippen molar-refractivity contribution in [3.8, 4) is 33.4 Å². The van der Waals surface area contributed by atoms with Crippen LogP contribution in [-0.2, 0) is 5.41 Å². The predicted molar refractivity (Wildman–Crippen MR) is 233 cm³/mol. The molecule has 0 saturated heterocycles. The number of fused-ring (bicyclic) bond motifs is 21. The topological polar surface area (TPSA) is 0 Å². The average Bonchev–Trinajstić information content (AvgIpc) is 3.72. The first-order chi connectivity index (χ1) is 27.3. The molecule has 13 rings (SSSR count). The molecule has 0 radical (unpaired) electrons. The number of rotatable bonds is 1. The lowest BCUT2D eigenvalue weighted by Crippen LogP contribution is -2.26. The molecule has 55 heavy (non-hydrogen) atoms. The SMILES string of the molecule is c1ccc2c(c1)-c1ccccc1C21c2cc3ccccc3cc2-c2ccc3cc(-c4cc5c6ccccc6c6ccccc6c5c5ccccc45)ccc3c21. The molecule has 11 aromatic rings. The second-order valence-electron chi connectivity index (χ2n) is 15.5. The molecular formula is C55H32. The molecule has 0 saturated carbocycles. The Bertz CT molecular complexity index is 3440. The summed E-state index contributed by atoms with van der Waals surface area (Å²) in [6.45, 7) is 0. The monoisotopic (exact) mass is 692 g/mol. The Balaban J connectivity index is 1.13. The Morgan fingerprint density at radius 3 is 1.51 bits per heavy atom. The van der Waals surface area contributed by atoms with E-state index in [1.165, 1.54) is 120 Å². The van der Waals surface area contributed by atoms with Gasteiger partial charge in [-0.25, -0.2) is 0 Å². The Hall–Kier alpha value is -7.02. The van der Waals surface area contributed by atoms with E-state index in [0.717, 1.165) is 0 Å². The number of benzene rings is 11. The lowest BCUT2D eigenvalue weighted by atomic mass is 9.69. The Morgan fingerprint density at radius 1 is 0.255 bits per heavy atom. The van der Waals surface area contributed by atoms with Crippen molar-refractivity contribution in [3.05, 3.63) is 216 Å². The molecule has 0 nitrogen and oxygen atoms in total. The van der Waals surface area contributed by atoms with Crippen LogP contribution in [0.15, 0.2) is 194 Å². The quantitative estimate of drug-likeness (QED) is 0.150. The van der Waals surface area contributed by atoms with E-state index in [1.54, 1.807) is 0 Å². The summed E-state index contributed by atoms with van der Waals surface area (Å²) in [5, 5.41) is 15.6. The summed E-state index contributed by atoms with van der Waals surface area (Å²) in [7, 11) is 0. The molecule has 0 bridgehead atoms. The van der Waals surface area contributed by atoms with Gasteiger partial charge < -0.3 is 0 Å². The molecule has 0 aromatic heterocycles. The molecular weight excluding hydrogens is 661 g/mol. The van der Waals surface area contributed by atoms with Crippen LogP contribution in [0.25, 0.3) is 98.0 Å². The lowest BCUT2D eigenvalue weighted by Gasteiger charge is -2.31. The summed E-state index contributed by atoms with van der Waals surface area (Å²) in [6, 6.07) is 73.4. The van der Waals surface area contributed by atoms with Crippen molar-refractivity contribution in [1.29, 1.82) is 0 Å². The maximum absolute atomic E-state index is 2.49. The second-order valence-corrected chi connectivity index (χ2v) is 15.5. The molecule has 2 aliphatic carbocycles. The van der Waals surface area contributed by atoms with Crippen LogP contribution in [-0.4, -0.2) is 0 Å². The minimum absolute atomic E-state index is 0.418. The molecule has 2 aliphatic rings. The van der Waals surface area contributed by atoms with E-state index < -0.39 is 5.41 Å². The first-order valence-corrected chi connectivity index (χ1v) is 19.3. The van der Waals surface area contributed by atoms with Crippen molar-refractivity contribution in [3.63, 3.8) is 0 Å². The van der Waals surface area contributed by atoms with Gasteiger partial charge in [0.15, 0.2) is 0 Å². The van der Waals surface area contributed by atoms with E-state index in [9.17, 15) is 0 Å². The Labute approximate surface area is 318 Å². The van der Waals surface area contributed by atoms with Gasteiger partial charge in [0.2, 0.25) is 0 Å². The first kappa shape index (κ1) is 29.4. The summed E-state index contributed by atoms with van der Waals surface area (Å²) < 4.78 is 0. The molecule has 0 heterocycles. The Morgan fingerprint density at radius 2 is 0.800 bits per heavy atom. The standard InChI is InChI=1S/C55H32/c1-2-14-34-31-52-48(30-33(34)13-1)46-28-26-35-29-36(25-27-37(35)54(46)55(52)50-23-11-9-19-42(50)43-20-10-12-24-51(43)55)47-32-49-40-17-4-3-15-38(40)39-16-5-7-21-44(39)53(49)45-22-8-6-18-41(45)47/h1-32H. The normalized spacial score (nSPS) is 13.6. The second kappa shape index (κ2) is 10.6. The highest BCUT2D eigenvalue weighted by Crippen LogP contribution is 2.64. The highest BCUT2D eigenvalue weighted by atomic mass is 14.5. The maximum atomic E-state index is 2.49. The zero-order valence-corrected chi connectivity index (χ0v) is 30.0. The van der Waals surface area contributed by atoms with Gasteiger partial charge in [-0.2, -0.15) is 0 Å². The smallest absolute Gasteiger partial charge is 0.0619 e. The number of hydrogen-bond acceptors (Lipinski definition) is 0. The zero-order chi connectivity index (χ0) is 35.8. The molecule has 0 fully saturated rings. The van der Waals surface area contributed by atoms with Crippen molar-refractivity contribution in [2.75, 3.05) is 0 Å². The highest BCUT2D eigenvalue weighted by Gasteiger charge is 2.52. The van der Waals surface area contributed by atoms with Crippen molar-refractivity contribution < 1.29 is 0 Å². The van der Waals surface area contributed by atoms with Gasteiger partial charge in [0.25, 0.3) is 0 Å². The lowest BCUT2D eigenvalue weighted by molar-refractivity contribution is 0.802. The van der Waals surface area contributed by atoms with Crippen LogP contribution < -0.4 is 0 Å². The van der Waals surface area contributed by atoms with Crippen molar-refractivity contribution in [1.82, 2.24) is 0 Å². The van der Waals surface area contributed by atoms with E-state index in [4.69, 9.17) is 0 Å². The maximum Gasteiger partial charge on any atom is 0.0731 e. The minimum atomic E-state index is -0.418. The molecule has 11 aromatic carbocycles. The summed E-state index contributed by atoms with van der Waals surface area (Å²) in [6.07, 6.45) is 0. The van der Waals surface area contributed by atoms with Gasteiger partial charge in [0.05, 0.1) is 5.41 Å². The predicted octanol–water partition coefficient (Wildman–Crippen LogP) is 14.6. The van der Waals surface area contributed by atoms with Crippen molar-refractivity contribution in [2.45, 2.75) is 5.41 Å². The first-order valence-electron chi connectivity index (χ1n) is 19.3. The fourth-order valence-corrected chi connectivity index (χ4v) is 10.8. The average molecular weight is 693 g/mol. The largest absolute Gasteiger partial charge is 0.0731 e. The van der Waals surface area contributed by atoms with Crippen LogP contribution in [0.5, 0.6) is 0 Å². The van der Waals surface area contributed by atoms with Gasteiger partial charge in [-0.1, -0.05) is 170 Å². The summed E-state index contributed by atoms with van der Waals surface area (Å²) in [5.74, 6) is 0. The van der Waals surface area contributed by atoms with E-state index >= 15 is 0 Å². The van der Waals surface area contributed by atoms with E-state index in [0.29, 0.717) is 0 Å². The van der Waals surface area contributed by atoms with Crippen molar-refractivity contribution in [2.24, 2.45) is 0 Å². The molecule has 0 N–H and O–H groups in total. The molecule has 0 amide bonds. The third kappa shape index (κ3) is 3.67.